The molecule has 0 aliphatic rings. The second-order valence-corrected chi connectivity index (χ2v) is 3.68. The summed E-state index contributed by atoms with van der Waals surface area (Å²) in [7, 11) is 1.32. The fourth-order valence-electron chi connectivity index (χ4n) is 0.834. The molecule has 0 aliphatic heterocycles. The minimum atomic E-state index is -0.466. The Labute approximate surface area is 91.0 Å². The molecule has 1 rings (SSSR count). The van der Waals surface area contributed by atoms with Crippen molar-refractivity contribution in [2.24, 2.45) is 5.73 Å². The van der Waals surface area contributed by atoms with Gasteiger partial charge in [0.05, 0.1) is 18.4 Å². The zero-order valence-electron chi connectivity index (χ0n) is 8.07. The fourth-order valence-corrected chi connectivity index (χ4v) is 1.63. The van der Waals surface area contributed by atoms with Crippen LogP contribution in [0, 0.1) is 11.8 Å². The number of hydrogen-bond donors (Lipinski definition) is 1. The van der Waals surface area contributed by atoms with Crippen molar-refractivity contribution in [3.05, 3.63) is 21.9 Å². The van der Waals surface area contributed by atoms with E-state index in [-0.39, 0.29) is 12.4 Å². The third kappa shape index (κ3) is 3.44. The number of nitrogens with two attached hydrogens (primary N) is 1. The van der Waals surface area contributed by atoms with Crippen LogP contribution in [-0.2, 0) is 9.53 Å². The van der Waals surface area contributed by atoms with E-state index in [9.17, 15) is 9.59 Å². The van der Waals surface area contributed by atoms with Crippen molar-refractivity contribution in [3.8, 4) is 11.8 Å². The molecule has 4 nitrogen and oxygen atoms in total. The molecule has 1 aromatic heterocycles. The first-order valence-corrected chi connectivity index (χ1v) is 4.90. The summed E-state index contributed by atoms with van der Waals surface area (Å²) < 4.78 is 4.54. The first-order valence-electron chi connectivity index (χ1n) is 4.09. The molecular weight excluding hydrogens is 214 g/mol. The molecule has 0 bridgehead atoms. The van der Waals surface area contributed by atoms with Gasteiger partial charge in [-0.2, -0.15) is 0 Å². The number of carbonyl (C=O) groups excluding carboxylic acids is 2. The Morgan fingerprint density at radius 2 is 2.27 bits per heavy atom. The highest BCUT2D eigenvalue weighted by Gasteiger charge is 2.07. The van der Waals surface area contributed by atoms with Gasteiger partial charge in [0.15, 0.2) is 0 Å². The Morgan fingerprint density at radius 3 is 2.87 bits per heavy atom. The summed E-state index contributed by atoms with van der Waals surface area (Å²) in [5.41, 5.74) is 4.92. The molecule has 0 atom stereocenters. The van der Waals surface area contributed by atoms with Crippen LogP contribution >= 0.6 is 11.3 Å². The van der Waals surface area contributed by atoms with Crippen molar-refractivity contribution in [3.63, 3.8) is 0 Å². The van der Waals surface area contributed by atoms with E-state index in [0.29, 0.717) is 9.75 Å². The summed E-state index contributed by atoms with van der Waals surface area (Å²) in [4.78, 5) is 22.7. The monoisotopic (exact) mass is 223 g/mol. The minimum Gasteiger partial charge on any atom is -0.465 e. The van der Waals surface area contributed by atoms with E-state index in [1.54, 1.807) is 12.1 Å². The van der Waals surface area contributed by atoms with Gasteiger partial charge in [0.1, 0.15) is 4.88 Å². The molecule has 0 saturated carbocycles. The third-order valence-electron chi connectivity index (χ3n) is 1.47. The highest BCUT2D eigenvalue weighted by molar-refractivity contribution is 7.14. The topological polar surface area (TPSA) is 69.4 Å². The van der Waals surface area contributed by atoms with Crippen LogP contribution in [-0.4, -0.2) is 19.0 Å². The molecule has 15 heavy (non-hydrogen) atoms. The lowest BCUT2D eigenvalue weighted by atomic mass is 10.4. The molecule has 0 saturated heterocycles. The Hall–Kier alpha value is -1.80. The number of methoxy groups -OCH3 is 1. The van der Waals surface area contributed by atoms with Crippen LogP contribution in [0.25, 0.3) is 0 Å². The van der Waals surface area contributed by atoms with E-state index in [2.05, 4.69) is 16.6 Å². The molecule has 0 radical (unpaired) electrons. The van der Waals surface area contributed by atoms with Gasteiger partial charge in [-0.1, -0.05) is 11.8 Å². The highest BCUT2D eigenvalue weighted by atomic mass is 32.1. The Morgan fingerprint density at radius 1 is 1.53 bits per heavy atom. The van der Waals surface area contributed by atoms with E-state index in [1.165, 1.54) is 18.4 Å². The Bertz CT molecular complexity index is 439. The SMILES string of the molecule is COC(=O)c1ccc(C#CCC(N)=O)s1. The smallest absolute Gasteiger partial charge is 0.348 e. The number of amides is 1. The van der Waals surface area contributed by atoms with Crippen LogP contribution < -0.4 is 5.73 Å². The van der Waals surface area contributed by atoms with Crippen LogP contribution in [0.1, 0.15) is 21.0 Å². The number of thiophene rings is 1. The molecular formula is C10H9NO3S. The maximum absolute atomic E-state index is 11.1. The minimum absolute atomic E-state index is 0.0193. The average molecular weight is 223 g/mol. The maximum atomic E-state index is 11.1. The highest BCUT2D eigenvalue weighted by Crippen LogP contribution is 2.15. The number of ether oxygens (including phenoxy) is 1. The maximum Gasteiger partial charge on any atom is 0.348 e. The molecule has 0 aliphatic carbocycles. The van der Waals surface area contributed by atoms with Gasteiger partial charge in [-0.3, -0.25) is 4.79 Å². The predicted molar refractivity (Wildman–Crippen MR) is 56.3 cm³/mol. The number of rotatable bonds is 2. The predicted octanol–water partition coefficient (Wildman–Crippen LogP) is 0.762. The average Bonchev–Trinajstić information content (AvgIpc) is 2.65. The molecule has 78 valence electrons. The van der Waals surface area contributed by atoms with Crippen LogP contribution in [0.5, 0.6) is 0 Å². The molecule has 1 aromatic rings. The largest absolute Gasteiger partial charge is 0.465 e. The van der Waals surface area contributed by atoms with Gasteiger partial charge in [0.2, 0.25) is 5.91 Å². The summed E-state index contributed by atoms with van der Waals surface area (Å²) in [5, 5.41) is 0. The molecule has 1 amide bonds. The van der Waals surface area contributed by atoms with Crippen LogP contribution in [0.15, 0.2) is 12.1 Å². The summed E-state index contributed by atoms with van der Waals surface area (Å²) in [6.45, 7) is 0. The summed E-state index contributed by atoms with van der Waals surface area (Å²) >= 11 is 1.22. The summed E-state index contributed by atoms with van der Waals surface area (Å²) in [6, 6.07) is 3.33. The van der Waals surface area contributed by atoms with Gasteiger partial charge >= 0.3 is 5.97 Å². The standard InChI is InChI=1S/C10H9NO3S/c1-14-10(13)8-6-5-7(15-8)3-2-4-9(11)12/h5-6H,4H2,1H3,(H2,11,12). The number of carbonyl (C=O) groups is 2. The van der Waals surface area contributed by atoms with Gasteiger partial charge in [-0.05, 0) is 12.1 Å². The zero-order chi connectivity index (χ0) is 11.3. The molecule has 2 N–H and O–H groups in total. The molecule has 5 heteroatoms. The van der Waals surface area contributed by atoms with Crippen molar-refractivity contribution in [2.75, 3.05) is 7.11 Å². The van der Waals surface area contributed by atoms with Crippen molar-refractivity contribution in [1.82, 2.24) is 0 Å². The van der Waals surface area contributed by atoms with E-state index >= 15 is 0 Å². The Balaban J connectivity index is 2.71. The lowest BCUT2D eigenvalue weighted by Crippen LogP contribution is -2.08. The van der Waals surface area contributed by atoms with Crippen LogP contribution in [0.2, 0.25) is 0 Å². The van der Waals surface area contributed by atoms with Gasteiger partial charge in [-0.15, -0.1) is 11.3 Å². The normalized spacial score (nSPS) is 8.87. The lowest BCUT2D eigenvalue weighted by molar-refractivity contribution is -0.117. The van der Waals surface area contributed by atoms with Gasteiger partial charge in [0.25, 0.3) is 0 Å². The Kier molecular flexibility index (Phi) is 3.89. The second-order valence-electron chi connectivity index (χ2n) is 2.60. The molecule has 0 fully saturated rings. The number of esters is 1. The first-order chi connectivity index (χ1) is 7.13. The number of hydrogen-bond acceptors (Lipinski definition) is 4. The number of primary amides is 1. The van der Waals surface area contributed by atoms with Crippen LogP contribution in [0.3, 0.4) is 0 Å². The molecule has 0 spiro atoms. The van der Waals surface area contributed by atoms with Crippen molar-refractivity contribution < 1.29 is 14.3 Å². The van der Waals surface area contributed by atoms with Crippen molar-refractivity contribution >= 4 is 23.2 Å². The molecule has 0 unspecified atom stereocenters. The summed E-state index contributed by atoms with van der Waals surface area (Å²) in [5.74, 6) is 4.49. The van der Waals surface area contributed by atoms with Gasteiger partial charge in [0, 0.05) is 0 Å². The molecule has 0 aromatic carbocycles. The summed E-state index contributed by atoms with van der Waals surface area (Å²) in [6.07, 6.45) is 0.0193. The first kappa shape index (κ1) is 11.3. The van der Waals surface area contributed by atoms with Crippen LogP contribution in [0.4, 0.5) is 0 Å². The van der Waals surface area contributed by atoms with E-state index < -0.39 is 5.91 Å². The van der Waals surface area contributed by atoms with Gasteiger partial charge in [-0.25, -0.2) is 4.79 Å². The molecule has 1 heterocycles. The quantitative estimate of drug-likeness (QED) is 0.594. The zero-order valence-corrected chi connectivity index (χ0v) is 8.89. The van der Waals surface area contributed by atoms with E-state index in [1.807, 2.05) is 0 Å². The fraction of sp³-hybridized carbons (Fsp3) is 0.200. The third-order valence-corrected chi connectivity index (χ3v) is 2.45. The second kappa shape index (κ2) is 5.17. The van der Waals surface area contributed by atoms with Crippen molar-refractivity contribution in [1.29, 1.82) is 0 Å². The lowest BCUT2D eigenvalue weighted by Gasteiger charge is -1.90. The van der Waals surface area contributed by atoms with E-state index in [0.717, 1.165) is 0 Å². The van der Waals surface area contributed by atoms with Crippen molar-refractivity contribution in [2.45, 2.75) is 6.42 Å². The van der Waals surface area contributed by atoms with E-state index in [4.69, 9.17) is 5.73 Å². The van der Waals surface area contributed by atoms with Gasteiger partial charge < -0.3 is 10.5 Å².